The van der Waals surface area contributed by atoms with E-state index in [4.69, 9.17) is 0 Å². The summed E-state index contributed by atoms with van der Waals surface area (Å²) in [4.78, 5) is 0. The van der Waals surface area contributed by atoms with Crippen molar-refractivity contribution in [1.82, 2.24) is 5.32 Å². The fourth-order valence-electron chi connectivity index (χ4n) is 4.86. The van der Waals surface area contributed by atoms with Crippen LogP contribution in [-0.4, -0.2) is 29.0 Å². The van der Waals surface area contributed by atoms with Crippen LogP contribution in [0.15, 0.2) is 66.7 Å². The predicted molar refractivity (Wildman–Crippen MR) is 126 cm³/mol. The number of benzene rings is 5. The van der Waals surface area contributed by atoms with Gasteiger partial charge < -0.3 is 15.5 Å². The van der Waals surface area contributed by atoms with Gasteiger partial charge in [0.25, 0.3) is 0 Å². The van der Waals surface area contributed by atoms with Gasteiger partial charge in [-0.15, -0.1) is 0 Å². The molecule has 0 fully saturated rings. The summed E-state index contributed by atoms with van der Waals surface area (Å²) in [7, 11) is 0. The standard InChI is InChI=1S/C27H27NO2/c1-17(2)27(15-29,16-30)28-14-19-12-13-24-22-10-4-7-18-6-3-9-21(25(18)22)23-11-5-8-20(19)26(23)24/h3-13,17,28-30H,14-16H2,1-2H3. The molecule has 0 aliphatic heterocycles. The van der Waals surface area contributed by atoms with Crippen LogP contribution in [0.3, 0.4) is 0 Å². The third-order valence-electron chi connectivity index (χ3n) is 6.92. The third-order valence-corrected chi connectivity index (χ3v) is 6.92. The molecular weight excluding hydrogens is 370 g/mol. The van der Waals surface area contributed by atoms with Crippen molar-refractivity contribution in [3.05, 3.63) is 72.3 Å². The van der Waals surface area contributed by atoms with Gasteiger partial charge in [0.05, 0.1) is 18.8 Å². The molecule has 0 bridgehead atoms. The molecule has 152 valence electrons. The maximum Gasteiger partial charge on any atom is 0.0673 e. The Kier molecular flexibility index (Phi) is 4.62. The maximum absolute atomic E-state index is 9.95. The molecular formula is C27H27NO2. The first-order valence-electron chi connectivity index (χ1n) is 10.6. The number of hydrogen-bond acceptors (Lipinski definition) is 3. The average molecular weight is 398 g/mol. The normalized spacial score (nSPS) is 12.8. The second-order valence-electron chi connectivity index (χ2n) is 8.69. The Morgan fingerprint density at radius 3 is 1.83 bits per heavy atom. The van der Waals surface area contributed by atoms with E-state index in [-0.39, 0.29) is 19.1 Å². The Hall–Kier alpha value is -2.72. The monoisotopic (exact) mass is 397 g/mol. The molecule has 30 heavy (non-hydrogen) atoms. The van der Waals surface area contributed by atoms with Crippen LogP contribution in [0.4, 0.5) is 0 Å². The molecule has 3 nitrogen and oxygen atoms in total. The van der Waals surface area contributed by atoms with Gasteiger partial charge in [-0.3, -0.25) is 0 Å². The van der Waals surface area contributed by atoms with Crippen molar-refractivity contribution >= 4 is 43.1 Å². The van der Waals surface area contributed by atoms with Crippen LogP contribution in [0.2, 0.25) is 0 Å². The first-order chi connectivity index (χ1) is 14.6. The highest BCUT2D eigenvalue weighted by atomic mass is 16.3. The molecule has 0 atom stereocenters. The Morgan fingerprint density at radius 1 is 0.700 bits per heavy atom. The van der Waals surface area contributed by atoms with Gasteiger partial charge in [0.15, 0.2) is 0 Å². The third kappa shape index (κ3) is 2.70. The van der Waals surface area contributed by atoms with Crippen LogP contribution < -0.4 is 5.32 Å². The van der Waals surface area contributed by atoms with E-state index in [0.29, 0.717) is 6.54 Å². The lowest BCUT2D eigenvalue weighted by Gasteiger charge is -2.35. The summed E-state index contributed by atoms with van der Waals surface area (Å²) in [6.07, 6.45) is 0. The molecule has 0 unspecified atom stereocenters. The van der Waals surface area contributed by atoms with Crippen molar-refractivity contribution in [2.24, 2.45) is 5.92 Å². The molecule has 0 radical (unpaired) electrons. The molecule has 5 aromatic rings. The number of aliphatic hydroxyl groups is 2. The van der Waals surface area contributed by atoms with E-state index < -0.39 is 5.54 Å². The summed E-state index contributed by atoms with van der Waals surface area (Å²) in [6.45, 7) is 4.43. The minimum atomic E-state index is -0.697. The predicted octanol–water partition coefficient (Wildman–Crippen LogP) is 5.21. The molecule has 0 aliphatic carbocycles. The maximum atomic E-state index is 9.95. The number of aliphatic hydroxyl groups excluding tert-OH is 2. The van der Waals surface area contributed by atoms with E-state index in [9.17, 15) is 10.2 Å². The lowest BCUT2D eigenvalue weighted by atomic mass is 9.86. The number of hydrogen-bond donors (Lipinski definition) is 3. The van der Waals surface area contributed by atoms with Crippen LogP contribution in [0, 0.1) is 5.92 Å². The zero-order valence-corrected chi connectivity index (χ0v) is 17.4. The fraction of sp³-hybridized carbons (Fsp3) is 0.259. The summed E-state index contributed by atoms with van der Waals surface area (Å²) in [5, 5.41) is 33.6. The highest BCUT2D eigenvalue weighted by Gasteiger charge is 2.32. The van der Waals surface area contributed by atoms with Crippen molar-refractivity contribution in [1.29, 1.82) is 0 Å². The molecule has 0 amide bonds. The van der Waals surface area contributed by atoms with E-state index >= 15 is 0 Å². The van der Waals surface area contributed by atoms with E-state index in [2.05, 4.69) is 72.0 Å². The van der Waals surface area contributed by atoms with Crippen LogP contribution in [-0.2, 0) is 6.54 Å². The lowest BCUT2D eigenvalue weighted by molar-refractivity contribution is 0.0552. The van der Waals surface area contributed by atoms with Crippen LogP contribution >= 0.6 is 0 Å². The summed E-state index contributed by atoms with van der Waals surface area (Å²) < 4.78 is 0. The Balaban J connectivity index is 1.74. The molecule has 3 N–H and O–H groups in total. The molecule has 0 aromatic heterocycles. The Morgan fingerprint density at radius 2 is 1.23 bits per heavy atom. The van der Waals surface area contributed by atoms with Crippen molar-refractivity contribution in [2.75, 3.05) is 13.2 Å². The van der Waals surface area contributed by atoms with Gasteiger partial charge >= 0.3 is 0 Å². The van der Waals surface area contributed by atoms with Crippen molar-refractivity contribution in [3.63, 3.8) is 0 Å². The van der Waals surface area contributed by atoms with E-state index in [1.165, 1.54) is 48.7 Å². The average Bonchev–Trinajstić information content (AvgIpc) is 2.78. The molecule has 5 aromatic carbocycles. The summed E-state index contributed by atoms with van der Waals surface area (Å²) in [6, 6.07) is 24.0. The number of nitrogens with one attached hydrogen (secondary N) is 1. The minimum absolute atomic E-state index is 0.0994. The van der Waals surface area contributed by atoms with Gasteiger partial charge in [0.2, 0.25) is 0 Å². The number of fused-ring (bicyclic) bond motifs is 2. The zero-order valence-electron chi connectivity index (χ0n) is 17.4. The van der Waals surface area contributed by atoms with Gasteiger partial charge in [-0.2, -0.15) is 0 Å². The van der Waals surface area contributed by atoms with Crippen molar-refractivity contribution in [3.8, 4) is 0 Å². The van der Waals surface area contributed by atoms with Gasteiger partial charge in [0.1, 0.15) is 0 Å². The molecule has 0 heterocycles. The quantitative estimate of drug-likeness (QED) is 0.272. The topological polar surface area (TPSA) is 52.5 Å². The van der Waals surface area contributed by atoms with Crippen LogP contribution in [0.1, 0.15) is 19.4 Å². The molecule has 3 heteroatoms. The second-order valence-corrected chi connectivity index (χ2v) is 8.69. The summed E-state index contributed by atoms with van der Waals surface area (Å²) in [5.41, 5.74) is 0.479. The van der Waals surface area contributed by atoms with Crippen molar-refractivity contribution in [2.45, 2.75) is 25.9 Å². The SMILES string of the molecule is CC(C)C(CO)(CO)NCc1ccc2c3cccc4cccc(c5cccc1c52)c43. The van der Waals surface area contributed by atoms with Gasteiger partial charge in [-0.1, -0.05) is 80.6 Å². The minimum Gasteiger partial charge on any atom is -0.394 e. The summed E-state index contributed by atoms with van der Waals surface area (Å²) in [5.74, 6) is 0.108. The Labute approximate surface area is 176 Å². The van der Waals surface area contributed by atoms with E-state index in [1.807, 2.05) is 13.8 Å². The van der Waals surface area contributed by atoms with Gasteiger partial charge in [0, 0.05) is 6.54 Å². The highest BCUT2D eigenvalue weighted by molar-refractivity contribution is 6.33. The van der Waals surface area contributed by atoms with E-state index in [0.717, 1.165) is 0 Å². The molecule has 0 saturated heterocycles. The smallest absolute Gasteiger partial charge is 0.0673 e. The number of rotatable bonds is 6. The lowest BCUT2D eigenvalue weighted by Crippen LogP contribution is -2.55. The summed E-state index contributed by atoms with van der Waals surface area (Å²) >= 11 is 0. The van der Waals surface area contributed by atoms with Crippen LogP contribution in [0.5, 0.6) is 0 Å². The first-order valence-corrected chi connectivity index (χ1v) is 10.6. The van der Waals surface area contributed by atoms with Gasteiger partial charge in [-0.25, -0.2) is 0 Å². The van der Waals surface area contributed by atoms with Crippen LogP contribution in [0.25, 0.3) is 43.1 Å². The fourth-order valence-corrected chi connectivity index (χ4v) is 4.86. The van der Waals surface area contributed by atoms with Gasteiger partial charge in [-0.05, 0) is 54.6 Å². The molecule has 5 rings (SSSR count). The first kappa shape index (κ1) is 19.3. The molecule has 0 saturated carbocycles. The zero-order chi connectivity index (χ0) is 20.9. The molecule has 0 spiro atoms. The highest BCUT2D eigenvalue weighted by Crippen LogP contribution is 2.40. The largest absolute Gasteiger partial charge is 0.394 e. The van der Waals surface area contributed by atoms with E-state index in [1.54, 1.807) is 0 Å². The molecule has 0 aliphatic rings. The second kappa shape index (κ2) is 7.21. The Bertz CT molecular complexity index is 1300. The van der Waals surface area contributed by atoms with Crippen molar-refractivity contribution < 1.29 is 10.2 Å².